The van der Waals surface area contributed by atoms with Crippen LogP contribution in [-0.2, 0) is 27.4 Å². The van der Waals surface area contributed by atoms with Crippen molar-refractivity contribution in [2.24, 2.45) is 0 Å². The van der Waals surface area contributed by atoms with Crippen LogP contribution in [0.15, 0.2) is 48.5 Å². The molecule has 6 heteroatoms. The number of carbonyl (C=O) groups is 2. The van der Waals surface area contributed by atoms with Crippen molar-refractivity contribution in [1.82, 2.24) is 5.32 Å². The van der Waals surface area contributed by atoms with Crippen LogP contribution in [0.1, 0.15) is 30.9 Å². The number of methoxy groups -OCH3 is 2. The van der Waals surface area contributed by atoms with Crippen LogP contribution in [0.2, 0.25) is 0 Å². The lowest BCUT2D eigenvalue weighted by Crippen LogP contribution is -2.40. The van der Waals surface area contributed by atoms with Crippen molar-refractivity contribution in [3.05, 3.63) is 59.7 Å². The van der Waals surface area contributed by atoms with Gasteiger partial charge in [0.1, 0.15) is 5.78 Å². The fraction of sp³-hybridized carbons (Fsp3) is 0.391. The standard InChI is InChI=1S/C23H29NO5/c1-17(25)9-12-23(26)24-20(16-29-15-18-7-5-4-6-8-18)13-19-10-11-21(27-2)22(14-19)28-3/h4-8,10-11,14,20H,9,12-13,15-16H2,1-3H3,(H,24,26)/t20-/m0/s1. The Labute approximate surface area is 172 Å². The van der Waals surface area contributed by atoms with Crippen molar-refractivity contribution in [1.29, 1.82) is 0 Å². The molecule has 0 saturated carbocycles. The molecule has 0 aromatic heterocycles. The van der Waals surface area contributed by atoms with Crippen LogP contribution in [0.3, 0.4) is 0 Å². The molecule has 0 unspecified atom stereocenters. The Balaban J connectivity index is 2.02. The van der Waals surface area contributed by atoms with Gasteiger partial charge < -0.3 is 24.3 Å². The van der Waals surface area contributed by atoms with E-state index in [1.54, 1.807) is 14.2 Å². The Morgan fingerprint density at radius 3 is 2.31 bits per heavy atom. The molecule has 2 rings (SSSR count). The van der Waals surface area contributed by atoms with E-state index in [1.807, 2.05) is 48.5 Å². The summed E-state index contributed by atoms with van der Waals surface area (Å²) in [4.78, 5) is 23.4. The molecule has 0 spiro atoms. The summed E-state index contributed by atoms with van der Waals surface area (Å²) < 4.78 is 16.5. The van der Waals surface area contributed by atoms with Gasteiger partial charge in [-0.25, -0.2) is 0 Å². The third kappa shape index (κ3) is 7.95. The fourth-order valence-corrected chi connectivity index (χ4v) is 2.93. The number of benzene rings is 2. The third-order valence-electron chi connectivity index (χ3n) is 4.43. The van der Waals surface area contributed by atoms with E-state index in [-0.39, 0.29) is 30.6 Å². The van der Waals surface area contributed by atoms with Crippen LogP contribution in [0.25, 0.3) is 0 Å². The van der Waals surface area contributed by atoms with Crippen LogP contribution in [0.4, 0.5) is 0 Å². The number of carbonyl (C=O) groups excluding carboxylic acids is 2. The summed E-state index contributed by atoms with van der Waals surface area (Å²) in [6.45, 7) is 2.30. The second-order valence-corrected chi connectivity index (χ2v) is 6.86. The van der Waals surface area contributed by atoms with Gasteiger partial charge in [-0.15, -0.1) is 0 Å². The molecule has 29 heavy (non-hydrogen) atoms. The highest BCUT2D eigenvalue weighted by Gasteiger charge is 2.16. The van der Waals surface area contributed by atoms with Crippen LogP contribution in [0.5, 0.6) is 11.5 Å². The maximum absolute atomic E-state index is 12.2. The van der Waals surface area contributed by atoms with Crippen LogP contribution in [-0.4, -0.2) is 38.6 Å². The average Bonchev–Trinajstić information content (AvgIpc) is 2.72. The van der Waals surface area contributed by atoms with Gasteiger partial charge in [0.15, 0.2) is 11.5 Å². The van der Waals surface area contributed by atoms with E-state index in [9.17, 15) is 9.59 Å². The van der Waals surface area contributed by atoms with E-state index in [2.05, 4.69) is 5.32 Å². The van der Waals surface area contributed by atoms with Gasteiger partial charge >= 0.3 is 0 Å². The molecule has 0 saturated heterocycles. The summed E-state index contributed by atoms with van der Waals surface area (Å²) in [7, 11) is 3.18. The summed E-state index contributed by atoms with van der Waals surface area (Å²) in [6, 6.07) is 15.3. The normalized spacial score (nSPS) is 11.6. The minimum absolute atomic E-state index is 0.00285. The molecule has 1 atom stereocenters. The molecule has 0 aliphatic rings. The lowest BCUT2D eigenvalue weighted by atomic mass is 10.1. The van der Waals surface area contributed by atoms with Crippen LogP contribution >= 0.6 is 0 Å². The largest absolute Gasteiger partial charge is 0.493 e. The van der Waals surface area contributed by atoms with Gasteiger partial charge in [-0.2, -0.15) is 0 Å². The maximum atomic E-state index is 12.2. The highest BCUT2D eigenvalue weighted by Crippen LogP contribution is 2.28. The van der Waals surface area contributed by atoms with Gasteiger partial charge in [0.05, 0.1) is 33.5 Å². The van der Waals surface area contributed by atoms with Gasteiger partial charge in [-0.3, -0.25) is 4.79 Å². The number of ketones is 1. The first-order chi connectivity index (χ1) is 14.0. The predicted molar refractivity (Wildman–Crippen MR) is 111 cm³/mol. The molecule has 6 nitrogen and oxygen atoms in total. The van der Waals surface area contributed by atoms with Gasteiger partial charge in [0, 0.05) is 12.8 Å². The summed E-state index contributed by atoms with van der Waals surface area (Å²) in [5, 5.41) is 2.98. The molecular formula is C23H29NO5. The number of hydrogen-bond acceptors (Lipinski definition) is 5. The van der Waals surface area contributed by atoms with E-state index in [0.717, 1.165) is 11.1 Å². The summed E-state index contributed by atoms with van der Waals surface area (Å²) in [5.74, 6) is 1.13. The highest BCUT2D eigenvalue weighted by molar-refractivity contribution is 5.83. The number of amides is 1. The first-order valence-corrected chi connectivity index (χ1v) is 9.63. The van der Waals surface area contributed by atoms with Crippen molar-refractivity contribution in [3.63, 3.8) is 0 Å². The molecule has 2 aromatic carbocycles. The number of Topliss-reactive ketones (excluding diaryl/α,β-unsaturated/α-hetero) is 1. The maximum Gasteiger partial charge on any atom is 0.220 e. The second-order valence-electron chi connectivity index (χ2n) is 6.86. The summed E-state index contributed by atoms with van der Waals surface area (Å²) >= 11 is 0. The Bertz CT molecular complexity index is 791. The van der Waals surface area contributed by atoms with Gasteiger partial charge in [-0.05, 0) is 36.6 Å². The Morgan fingerprint density at radius 1 is 0.931 bits per heavy atom. The van der Waals surface area contributed by atoms with Gasteiger partial charge in [-0.1, -0.05) is 36.4 Å². The minimum Gasteiger partial charge on any atom is -0.493 e. The zero-order valence-electron chi connectivity index (χ0n) is 17.3. The molecule has 156 valence electrons. The first kappa shape index (κ1) is 22.4. The molecule has 0 fully saturated rings. The third-order valence-corrected chi connectivity index (χ3v) is 4.43. The van der Waals surface area contributed by atoms with Crippen molar-refractivity contribution in [3.8, 4) is 11.5 Å². The summed E-state index contributed by atoms with van der Waals surface area (Å²) in [5.41, 5.74) is 2.06. The zero-order valence-corrected chi connectivity index (χ0v) is 17.3. The molecule has 2 aromatic rings. The van der Waals surface area contributed by atoms with Crippen LogP contribution in [0, 0.1) is 0 Å². The SMILES string of the molecule is COc1ccc(C[C@@H](COCc2ccccc2)NC(=O)CCC(C)=O)cc1OC. The lowest BCUT2D eigenvalue weighted by Gasteiger charge is -2.20. The second kappa shape index (κ2) is 11.9. The minimum atomic E-state index is -0.226. The highest BCUT2D eigenvalue weighted by atomic mass is 16.5. The van der Waals surface area contributed by atoms with Crippen molar-refractivity contribution in [2.45, 2.75) is 38.8 Å². The molecule has 0 bridgehead atoms. The van der Waals surface area contributed by atoms with E-state index < -0.39 is 0 Å². The fourth-order valence-electron chi connectivity index (χ4n) is 2.93. The Morgan fingerprint density at radius 2 is 1.66 bits per heavy atom. The molecule has 0 aliphatic carbocycles. The molecule has 0 heterocycles. The quantitative estimate of drug-likeness (QED) is 0.593. The average molecular weight is 399 g/mol. The number of nitrogens with one attached hydrogen (secondary N) is 1. The molecular weight excluding hydrogens is 370 g/mol. The van der Waals surface area contributed by atoms with Gasteiger partial charge in [0.2, 0.25) is 5.91 Å². The molecule has 0 aliphatic heterocycles. The Hall–Kier alpha value is -2.86. The molecule has 1 amide bonds. The lowest BCUT2D eigenvalue weighted by molar-refractivity contribution is -0.125. The van der Waals surface area contributed by atoms with E-state index in [1.165, 1.54) is 6.92 Å². The van der Waals surface area contributed by atoms with Crippen molar-refractivity contribution >= 4 is 11.7 Å². The van der Waals surface area contributed by atoms with Crippen molar-refractivity contribution in [2.75, 3.05) is 20.8 Å². The molecule has 1 N–H and O–H groups in total. The number of ether oxygens (including phenoxy) is 3. The monoisotopic (exact) mass is 399 g/mol. The van der Waals surface area contributed by atoms with Gasteiger partial charge in [0.25, 0.3) is 0 Å². The first-order valence-electron chi connectivity index (χ1n) is 9.63. The number of rotatable bonds is 12. The van der Waals surface area contributed by atoms with E-state index in [0.29, 0.717) is 31.1 Å². The smallest absolute Gasteiger partial charge is 0.220 e. The Kier molecular flexibility index (Phi) is 9.18. The van der Waals surface area contributed by atoms with Crippen molar-refractivity contribution < 1.29 is 23.8 Å². The van der Waals surface area contributed by atoms with Crippen LogP contribution < -0.4 is 14.8 Å². The van der Waals surface area contributed by atoms with E-state index in [4.69, 9.17) is 14.2 Å². The zero-order chi connectivity index (χ0) is 21.1. The summed E-state index contributed by atoms with van der Waals surface area (Å²) in [6.07, 6.45) is 0.983. The predicted octanol–water partition coefficient (Wildman–Crippen LogP) is 3.32. The number of hydrogen-bond donors (Lipinski definition) is 1. The molecule has 0 radical (unpaired) electrons. The van der Waals surface area contributed by atoms with E-state index >= 15 is 0 Å². The topological polar surface area (TPSA) is 73.9 Å².